The Morgan fingerprint density at radius 3 is 2.83 bits per heavy atom. The molecular formula is C18H24N4O2. The lowest BCUT2D eigenvalue weighted by atomic mass is 10.0. The van der Waals surface area contributed by atoms with Gasteiger partial charge in [0.15, 0.2) is 5.76 Å². The maximum Gasteiger partial charge on any atom is 0.319 e. The fraction of sp³-hybridized carbons (Fsp3) is 0.444. The SMILES string of the molecule is CCc1onc(C)c1NC(=O)N[C@@H]1CCN(C)[C@@H]1c1ccccc1. The molecule has 2 atom stereocenters. The van der Waals surface area contributed by atoms with Gasteiger partial charge in [-0.05, 0) is 26.0 Å². The molecule has 0 saturated carbocycles. The third-order valence-corrected chi connectivity index (χ3v) is 4.60. The molecule has 1 aliphatic heterocycles. The molecule has 1 aliphatic rings. The van der Waals surface area contributed by atoms with E-state index in [0.717, 1.165) is 13.0 Å². The van der Waals surface area contributed by atoms with Crippen molar-refractivity contribution in [3.63, 3.8) is 0 Å². The lowest BCUT2D eigenvalue weighted by Gasteiger charge is -2.26. The fourth-order valence-corrected chi connectivity index (χ4v) is 3.37. The summed E-state index contributed by atoms with van der Waals surface area (Å²) in [5.74, 6) is 0.700. The van der Waals surface area contributed by atoms with Crippen LogP contribution in [0.3, 0.4) is 0 Å². The van der Waals surface area contributed by atoms with Crippen molar-refractivity contribution in [1.29, 1.82) is 0 Å². The van der Waals surface area contributed by atoms with Crippen molar-refractivity contribution in [2.45, 2.75) is 38.8 Å². The van der Waals surface area contributed by atoms with Gasteiger partial charge in [-0.3, -0.25) is 4.90 Å². The third-order valence-electron chi connectivity index (χ3n) is 4.60. The summed E-state index contributed by atoms with van der Waals surface area (Å²) in [6.07, 6.45) is 1.61. The number of aryl methyl sites for hydroxylation is 2. The van der Waals surface area contributed by atoms with E-state index in [9.17, 15) is 4.79 Å². The molecule has 0 bridgehead atoms. The minimum atomic E-state index is -0.211. The first-order chi connectivity index (χ1) is 11.6. The minimum Gasteiger partial charge on any atom is -0.359 e. The smallest absolute Gasteiger partial charge is 0.319 e. The Morgan fingerprint density at radius 1 is 1.38 bits per heavy atom. The van der Waals surface area contributed by atoms with Crippen LogP contribution >= 0.6 is 0 Å². The van der Waals surface area contributed by atoms with E-state index in [1.54, 1.807) is 0 Å². The van der Waals surface area contributed by atoms with Crippen LogP contribution in [0.4, 0.5) is 10.5 Å². The van der Waals surface area contributed by atoms with E-state index in [0.29, 0.717) is 23.6 Å². The van der Waals surface area contributed by atoms with Crippen LogP contribution < -0.4 is 10.6 Å². The zero-order valence-electron chi connectivity index (χ0n) is 14.4. The van der Waals surface area contributed by atoms with E-state index in [1.807, 2.05) is 32.0 Å². The molecular weight excluding hydrogens is 304 g/mol. The van der Waals surface area contributed by atoms with E-state index in [1.165, 1.54) is 5.56 Å². The van der Waals surface area contributed by atoms with Gasteiger partial charge in [0.1, 0.15) is 11.4 Å². The highest BCUT2D eigenvalue weighted by Gasteiger charge is 2.34. The number of hydrogen-bond donors (Lipinski definition) is 2. The Hall–Kier alpha value is -2.34. The van der Waals surface area contributed by atoms with Gasteiger partial charge in [0.25, 0.3) is 0 Å². The summed E-state index contributed by atoms with van der Waals surface area (Å²) in [7, 11) is 2.09. The summed E-state index contributed by atoms with van der Waals surface area (Å²) in [6, 6.07) is 10.3. The average molecular weight is 328 g/mol. The van der Waals surface area contributed by atoms with Gasteiger partial charge >= 0.3 is 6.03 Å². The number of amides is 2. The highest BCUT2D eigenvalue weighted by molar-refractivity contribution is 5.90. The molecule has 2 heterocycles. The number of nitrogens with zero attached hydrogens (tertiary/aromatic N) is 2. The molecule has 128 valence electrons. The number of urea groups is 1. The summed E-state index contributed by atoms with van der Waals surface area (Å²) in [5, 5.41) is 9.93. The van der Waals surface area contributed by atoms with Crippen LogP contribution in [-0.2, 0) is 6.42 Å². The molecule has 1 saturated heterocycles. The molecule has 24 heavy (non-hydrogen) atoms. The maximum absolute atomic E-state index is 12.5. The van der Waals surface area contributed by atoms with E-state index >= 15 is 0 Å². The fourth-order valence-electron chi connectivity index (χ4n) is 3.37. The first-order valence-electron chi connectivity index (χ1n) is 8.38. The number of aromatic nitrogens is 1. The minimum absolute atomic E-state index is 0.0719. The predicted octanol–water partition coefficient (Wildman–Crippen LogP) is 3.11. The Bertz CT molecular complexity index is 698. The Morgan fingerprint density at radius 2 is 2.12 bits per heavy atom. The highest BCUT2D eigenvalue weighted by atomic mass is 16.5. The molecule has 2 N–H and O–H groups in total. The summed E-state index contributed by atoms with van der Waals surface area (Å²) < 4.78 is 5.22. The first-order valence-corrected chi connectivity index (χ1v) is 8.38. The van der Waals surface area contributed by atoms with Gasteiger partial charge in [0.05, 0.1) is 12.1 Å². The lowest BCUT2D eigenvalue weighted by molar-refractivity contribution is 0.240. The van der Waals surface area contributed by atoms with Gasteiger partial charge in [0.2, 0.25) is 0 Å². The number of benzene rings is 1. The molecule has 2 amide bonds. The van der Waals surface area contributed by atoms with E-state index < -0.39 is 0 Å². The Labute approximate surface area is 142 Å². The second-order valence-electron chi connectivity index (χ2n) is 6.25. The maximum atomic E-state index is 12.5. The number of rotatable bonds is 4. The summed E-state index contributed by atoms with van der Waals surface area (Å²) >= 11 is 0. The van der Waals surface area contributed by atoms with Crippen molar-refractivity contribution in [3.8, 4) is 0 Å². The van der Waals surface area contributed by atoms with Crippen molar-refractivity contribution < 1.29 is 9.32 Å². The van der Waals surface area contributed by atoms with Gasteiger partial charge < -0.3 is 15.2 Å². The van der Waals surface area contributed by atoms with Crippen molar-refractivity contribution in [3.05, 3.63) is 47.3 Å². The van der Waals surface area contributed by atoms with Crippen molar-refractivity contribution >= 4 is 11.7 Å². The molecule has 0 unspecified atom stereocenters. The Kier molecular flexibility index (Phi) is 4.85. The third kappa shape index (κ3) is 3.28. The molecule has 0 radical (unpaired) electrons. The molecule has 1 fully saturated rings. The van der Waals surface area contributed by atoms with Crippen LogP contribution in [0.25, 0.3) is 0 Å². The second-order valence-corrected chi connectivity index (χ2v) is 6.25. The molecule has 1 aromatic carbocycles. The molecule has 6 nitrogen and oxygen atoms in total. The van der Waals surface area contributed by atoms with Gasteiger partial charge in [0, 0.05) is 13.0 Å². The van der Waals surface area contributed by atoms with Crippen molar-refractivity contribution in [2.75, 3.05) is 18.9 Å². The van der Waals surface area contributed by atoms with Gasteiger partial charge in [-0.15, -0.1) is 0 Å². The number of nitrogens with one attached hydrogen (secondary N) is 2. The van der Waals surface area contributed by atoms with E-state index in [4.69, 9.17) is 4.52 Å². The van der Waals surface area contributed by atoms with Crippen molar-refractivity contribution in [1.82, 2.24) is 15.4 Å². The molecule has 0 aliphatic carbocycles. The summed E-state index contributed by atoms with van der Waals surface area (Å²) in [4.78, 5) is 14.7. The standard InChI is InChI=1S/C18H24N4O2/c1-4-15-16(12(2)21-24-15)20-18(23)19-14-10-11-22(3)17(14)13-8-6-5-7-9-13/h5-9,14,17H,4,10-11H2,1-3H3,(H2,19,20,23)/t14-,17-/m1/s1. The zero-order chi connectivity index (χ0) is 17.1. The number of likely N-dealkylation sites (N-methyl/N-ethyl adjacent to an activating group) is 1. The molecule has 2 aromatic rings. The first kappa shape index (κ1) is 16.5. The van der Waals surface area contributed by atoms with Gasteiger partial charge in [-0.25, -0.2) is 4.79 Å². The number of hydrogen-bond acceptors (Lipinski definition) is 4. The van der Waals surface area contributed by atoms with E-state index in [-0.39, 0.29) is 18.1 Å². The lowest BCUT2D eigenvalue weighted by Crippen LogP contribution is -2.41. The number of likely N-dealkylation sites (tertiary alicyclic amines) is 1. The average Bonchev–Trinajstić information content (AvgIpc) is 3.11. The van der Waals surface area contributed by atoms with Gasteiger partial charge in [-0.1, -0.05) is 42.4 Å². The number of carbonyl (C=O) groups excluding carboxylic acids is 1. The van der Waals surface area contributed by atoms with E-state index in [2.05, 4.69) is 39.9 Å². The van der Waals surface area contributed by atoms with Crippen LogP contribution in [0.2, 0.25) is 0 Å². The van der Waals surface area contributed by atoms with Crippen LogP contribution in [0, 0.1) is 6.92 Å². The Balaban J connectivity index is 1.70. The van der Waals surface area contributed by atoms with Crippen LogP contribution in [-0.4, -0.2) is 35.7 Å². The quantitative estimate of drug-likeness (QED) is 0.905. The molecule has 0 spiro atoms. The predicted molar refractivity (Wildman–Crippen MR) is 93.0 cm³/mol. The van der Waals surface area contributed by atoms with Crippen molar-refractivity contribution in [2.24, 2.45) is 0 Å². The van der Waals surface area contributed by atoms with Crippen LogP contribution in [0.1, 0.15) is 36.4 Å². The number of anilines is 1. The van der Waals surface area contributed by atoms with Crippen LogP contribution in [0.5, 0.6) is 0 Å². The van der Waals surface area contributed by atoms with Crippen LogP contribution in [0.15, 0.2) is 34.9 Å². The summed E-state index contributed by atoms with van der Waals surface area (Å²) in [5.41, 5.74) is 2.60. The highest BCUT2D eigenvalue weighted by Crippen LogP contribution is 2.31. The summed E-state index contributed by atoms with van der Waals surface area (Å²) in [6.45, 7) is 4.76. The molecule has 1 aromatic heterocycles. The monoisotopic (exact) mass is 328 g/mol. The largest absolute Gasteiger partial charge is 0.359 e. The zero-order valence-corrected chi connectivity index (χ0v) is 14.4. The topological polar surface area (TPSA) is 70.4 Å². The normalized spacial score (nSPS) is 21.0. The number of carbonyl (C=O) groups is 1. The second kappa shape index (κ2) is 7.05. The molecule has 6 heteroatoms. The van der Waals surface area contributed by atoms with Gasteiger partial charge in [-0.2, -0.15) is 0 Å². The molecule has 3 rings (SSSR count).